The predicted molar refractivity (Wildman–Crippen MR) is 65.4 cm³/mol. The Morgan fingerprint density at radius 1 is 1.35 bits per heavy atom. The Hall–Kier alpha value is -1.06. The van der Waals surface area contributed by atoms with Gasteiger partial charge >= 0.3 is 5.97 Å². The van der Waals surface area contributed by atoms with Gasteiger partial charge in [-0.2, -0.15) is 0 Å². The van der Waals surface area contributed by atoms with Crippen LogP contribution in [0.15, 0.2) is 0 Å². The van der Waals surface area contributed by atoms with Crippen LogP contribution in [0.25, 0.3) is 0 Å². The molecule has 4 heteroatoms. The van der Waals surface area contributed by atoms with Gasteiger partial charge in [0.15, 0.2) is 0 Å². The van der Waals surface area contributed by atoms with E-state index in [0.717, 1.165) is 6.42 Å². The largest absolute Gasteiger partial charge is 0.458 e. The van der Waals surface area contributed by atoms with E-state index in [0.29, 0.717) is 13.0 Å². The summed E-state index contributed by atoms with van der Waals surface area (Å²) < 4.78 is 5.39. The molecule has 1 aliphatic rings. The molecule has 0 aromatic heterocycles. The summed E-state index contributed by atoms with van der Waals surface area (Å²) in [4.78, 5) is 25.5. The van der Waals surface area contributed by atoms with E-state index in [9.17, 15) is 9.59 Å². The summed E-state index contributed by atoms with van der Waals surface area (Å²) in [7, 11) is 0. The van der Waals surface area contributed by atoms with Gasteiger partial charge < -0.3 is 9.64 Å². The highest BCUT2D eigenvalue weighted by molar-refractivity contribution is 5.86. The van der Waals surface area contributed by atoms with E-state index in [2.05, 4.69) is 0 Å². The fourth-order valence-corrected chi connectivity index (χ4v) is 2.08. The number of hydrogen-bond acceptors (Lipinski definition) is 3. The third-order valence-corrected chi connectivity index (χ3v) is 2.73. The fourth-order valence-electron chi connectivity index (χ4n) is 2.08. The van der Waals surface area contributed by atoms with Crippen molar-refractivity contribution in [3.63, 3.8) is 0 Å². The fraction of sp³-hybridized carbons (Fsp3) is 0.846. The first-order valence-electron chi connectivity index (χ1n) is 6.24. The lowest BCUT2D eigenvalue weighted by molar-refractivity contribution is -0.165. The lowest BCUT2D eigenvalue weighted by atomic mass is 10.0. The van der Waals surface area contributed by atoms with Crippen molar-refractivity contribution in [1.82, 2.24) is 4.90 Å². The lowest BCUT2D eigenvalue weighted by Gasteiger charge is -2.31. The second kappa shape index (κ2) is 5.07. The Balaban J connectivity index is 2.79. The Kier molecular flexibility index (Phi) is 4.17. The van der Waals surface area contributed by atoms with Crippen LogP contribution in [0.5, 0.6) is 0 Å². The van der Waals surface area contributed by atoms with Gasteiger partial charge in [-0.25, -0.2) is 4.79 Å². The minimum atomic E-state index is -0.507. The zero-order valence-electron chi connectivity index (χ0n) is 11.4. The van der Waals surface area contributed by atoms with Gasteiger partial charge in [0.2, 0.25) is 5.91 Å². The Bertz CT molecular complexity index is 304. The third-order valence-electron chi connectivity index (χ3n) is 2.73. The first-order chi connectivity index (χ1) is 7.72. The van der Waals surface area contributed by atoms with E-state index in [1.54, 1.807) is 4.90 Å². The molecule has 1 aliphatic heterocycles. The van der Waals surface area contributed by atoms with Crippen LogP contribution in [0.2, 0.25) is 0 Å². The normalized spacial score (nSPS) is 18.7. The number of rotatable bonds is 3. The number of carbonyl (C=O) groups is 2. The van der Waals surface area contributed by atoms with Crippen LogP contribution in [0.4, 0.5) is 0 Å². The summed E-state index contributed by atoms with van der Waals surface area (Å²) in [5, 5.41) is 0. The maximum absolute atomic E-state index is 12.1. The number of ether oxygens (including phenoxy) is 1. The number of hydrogen-bond donors (Lipinski definition) is 0. The van der Waals surface area contributed by atoms with E-state index in [1.165, 1.54) is 0 Å². The van der Waals surface area contributed by atoms with Crippen molar-refractivity contribution < 1.29 is 14.3 Å². The van der Waals surface area contributed by atoms with Gasteiger partial charge in [0, 0.05) is 13.0 Å². The summed E-state index contributed by atoms with van der Waals surface area (Å²) in [6.07, 6.45) is 1.39. The summed E-state index contributed by atoms with van der Waals surface area (Å²) >= 11 is 0. The quantitative estimate of drug-likeness (QED) is 0.710. The maximum atomic E-state index is 12.1. The van der Waals surface area contributed by atoms with E-state index < -0.39 is 11.6 Å². The van der Waals surface area contributed by atoms with Crippen LogP contribution in [-0.4, -0.2) is 35.0 Å². The molecular weight excluding hydrogens is 218 g/mol. The number of likely N-dealkylation sites (tertiary alicyclic amines) is 1. The molecular formula is C13H23NO3. The van der Waals surface area contributed by atoms with Gasteiger partial charge in [-0.05, 0) is 33.1 Å². The Morgan fingerprint density at radius 2 is 1.94 bits per heavy atom. The van der Waals surface area contributed by atoms with Crippen LogP contribution in [-0.2, 0) is 14.3 Å². The molecule has 98 valence electrons. The van der Waals surface area contributed by atoms with Crippen LogP contribution in [0.3, 0.4) is 0 Å². The van der Waals surface area contributed by atoms with Gasteiger partial charge in [0.25, 0.3) is 0 Å². The summed E-state index contributed by atoms with van der Waals surface area (Å²) in [5.41, 5.74) is -0.507. The molecule has 0 saturated carbocycles. The van der Waals surface area contributed by atoms with E-state index in [-0.39, 0.29) is 17.8 Å². The van der Waals surface area contributed by atoms with Gasteiger partial charge in [-0.15, -0.1) is 0 Å². The average molecular weight is 241 g/mol. The standard InChI is InChI=1S/C13H23NO3/c1-9(2)11(12(16)17-13(3,4)5)14-8-6-7-10(14)15/h9,11H,6-8H2,1-5H3/t11-/m0/s1. The highest BCUT2D eigenvalue weighted by atomic mass is 16.6. The molecule has 0 N–H and O–H groups in total. The molecule has 1 amide bonds. The van der Waals surface area contributed by atoms with Crippen LogP contribution in [0, 0.1) is 5.92 Å². The zero-order chi connectivity index (χ0) is 13.2. The molecule has 1 atom stereocenters. The molecule has 0 spiro atoms. The van der Waals surface area contributed by atoms with Crippen molar-refractivity contribution in [2.75, 3.05) is 6.54 Å². The van der Waals surface area contributed by atoms with E-state index in [4.69, 9.17) is 4.74 Å². The molecule has 0 unspecified atom stereocenters. The molecule has 1 saturated heterocycles. The maximum Gasteiger partial charge on any atom is 0.329 e. The van der Waals surface area contributed by atoms with Crippen molar-refractivity contribution in [2.45, 2.75) is 59.1 Å². The van der Waals surface area contributed by atoms with Gasteiger partial charge in [-0.3, -0.25) is 4.79 Å². The average Bonchev–Trinajstić information content (AvgIpc) is 2.48. The minimum absolute atomic E-state index is 0.0644. The number of nitrogens with zero attached hydrogens (tertiary/aromatic N) is 1. The molecule has 0 radical (unpaired) electrons. The lowest BCUT2D eigenvalue weighted by Crippen LogP contribution is -2.48. The third kappa shape index (κ3) is 3.72. The Morgan fingerprint density at radius 3 is 2.29 bits per heavy atom. The van der Waals surface area contributed by atoms with Crippen LogP contribution >= 0.6 is 0 Å². The highest BCUT2D eigenvalue weighted by Crippen LogP contribution is 2.22. The summed E-state index contributed by atoms with van der Waals surface area (Å²) in [6.45, 7) is 10.1. The van der Waals surface area contributed by atoms with Crippen LogP contribution < -0.4 is 0 Å². The first kappa shape index (κ1) is 14.0. The highest BCUT2D eigenvalue weighted by Gasteiger charge is 2.37. The topological polar surface area (TPSA) is 46.6 Å². The van der Waals surface area contributed by atoms with Crippen molar-refractivity contribution in [2.24, 2.45) is 5.92 Å². The van der Waals surface area contributed by atoms with Crippen molar-refractivity contribution in [3.8, 4) is 0 Å². The van der Waals surface area contributed by atoms with Gasteiger partial charge in [0.05, 0.1) is 0 Å². The SMILES string of the molecule is CC(C)[C@@H](C(=O)OC(C)(C)C)N1CCCC1=O. The van der Waals surface area contributed by atoms with Gasteiger partial charge in [0.1, 0.15) is 11.6 Å². The molecule has 1 rings (SSSR count). The second-order valence-corrected chi connectivity index (χ2v) is 5.91. The summed E-state index contributed by atoms with van der Waals surface area (Å²) in [5.74, 6) is -0.149. The number of carbonyl (C=O) groups excluding carboxylic acids is 2. The Labute approximate surface area is 103 Å². The molecule has 4 nitrogen and oxygen atoms in total. The van der Waals surface area contributed by atoms with Crippen molar-refractivity contribution >= 4 is 11.9 Å². The monoisotopic (exact) mass is 241 g/mol. The van der Waals surface area contributed by atoms with Crippen LogP contribution in [0.1, 0.15) is 47.5 Å². The van der Waals surface area contributed by atoms with Crippen molar-refractivity contribution in [1.29, 1.82) is 0 Å². The predicted octanol–water partition coefficient (Wildman–Crippen LogP) is 1.98. The van der Waals surface area contributed by atoms with E-state index >= 15 is 0 Å². The number of esters is 1. The van der Waals surface area contributed by atoms with Gasteiger partial charge in [-0.1, -0.05) is 13.8 Å². The van der Waals surface area contributed by atoms with E-state index in [1.807, 2.05) is 34.6 Å². The molecule has 17 heavy (non-hydrogen) atoms. The van der Waals surface area contributed by atoms with Crippen molar-refractivity contribution in [3.05, 3.63) is 0 Å². The minimum Gasteiger partial charge on any atom is -0.458 e. The molecule has 0 aliphatic carbocycles. The number of amides is 1. The molecule has 0 bridgehead atoms. The second-order valence-electron chi connectivity index (χ2n) is 5.91. The first-order valence-corrected chi connectivity index (χ1v) is 6.24. The molecule has 1 heterocycles. The molecule has 0 aromatic carbocycles. The summed E-state index contributed by atoms with van der Waals surface area (Å²) in [6, 6.07) is -0.441. The molecule has 0 aromatic rings. The molecule has 1 fully saturated rings. The zero-order valence-corrected chi connectivity index (χ0v) is 11.4. The smallest absolute Gasteiger partial charge is 0.329 e.